The van der Waals surface area contributed by atoms with Gasteiger partial charge in [0.05, 0.1) is 0 Å². The molecule has 1 aliphatic carbocycles. The second-order valence-corrected chi connectivity index (χ2v) is 8.94. The van der Waals surface area contributed by atoms with Gasteiger partial charge in [-0.25, -0.2) is 16.8 Å². The fraction of sp³-hybridized carbons (Fsp3) is 0.889. The van der Waals surface area contributed by atoms with Crippen LogP contribution in [0.2, 0.25) is 0 Å². The predicted molar refractivity (Wildman–Crippen MR) is 65.2 cm³/mol. The molecule has 0 atom stereocenters. The van der Waals surface area contributed by atoms with Crippen LogP contribution in [0.3, 0.4) is 0 Å². The van der Waals surface area contributed by atoms with Crippen LogP contribution in [-0.2, 0) is 24.7 Å². The van der Waals surface area contributed by atoms with Crippen LogP contribution in [0, 0.1) is 0 Å². The Morgan fingerprint density at radius 1 is 1.17 bits per heavy atom. The van der Waals surface area contributed by atoms with Crippen molar-refractivity contribution in [3.8, 4) is 0 Å². The third-order valence-electron chi connectivity index (χ3n) is 2.84. The predicted octanol–water partition coefficient (Wildman–Crippen LogP) is -0.305. The minimum Gasteiger partial charge on any atom is -0.480 e. The monoisotopic (exact) mass is 299 g/mol. The SMILES string of the molecule is CS(=O)(=O)CS(=O)(=O)NC1(C(=O)O)CCCCC1. The Hall–Kier alpha value is -0.670. The first-order chi connectivity index (χ1) is 8.06. The van der Waals surface area contributed by atoms with Crippen molar-refractivity contribution in [1.29, 1.82) is 0 Å². The standard InChI is InChI=1S/C9H17NO6S2/c1-17(13,14)7-18(15,16)10-9(8(11)12)5-3-2-4-6-9/h10H,2-7H2,1H3,(H,11,12). The minimum atomic E-state index is -4.16. The average molecular weight is 299 g/mol. The Kier molecular flexibility index (Phi) is 4.39. The molecular formula is C9H17NO6S2. The molecule has 0 amide bonds. The Labute approximate surface area is 107 Å². The zero-order chi connectivity index (χ0) is 14.0. The summed E-state index contributed by atoms with van der Waals surface area (Å²) in [6.07, 6.45) is 3.22. The summed E-state index contributed by atoms with van der Waals surface area (Å²) >= 11 is 0. The van der Waals surface area contributed by atoms with Gasteiger partial charge in [0, 0.05) is 6.26 Å². The lowest BCUT2D eigenvalue weighted by Gasteiger charge is -2.33. The molecule has 0 spiro atoms. The van der Waals surface area contributed by atoms with Crippen LogP contribution in [0.25, 0.3) is 0 Å². The van der Waals surface area contributed by atoms with Crippen LogP contribution in [0.1, 0.15) is 32.1 Å². The van der Waals surface area contributed by atoms with Crippen LogP contribution < -0.4 is 4.72 Å². The lowest BCUT2D eigenvalue weighted by molar-refractivity contribution is -0.145. The average Bonchev–Trinajstić information content (AvgIpc) is 2.13. The van der Waals surface area contributed by atoms with Crippen molar-refractivity contribution in [3.63, 3.8) is 0 Å². The van der Waals surface area contributed by atoms with Gasteiger partial charge in [-0.15, -0.1) is 0 Å². The van der Waals surface area contributed by atoms with Crippen molar-refractivity contribution >= 4 is 25.8 Å². The number of carbonyl (C=O) groups is 1. The molecule has 1 aliphatic rings. The number of rotatable bonds is 5. The van der Waals surface area contributed by atoms with E-state index in [1.54, 1.807) is 0 Å². The van der Waals surface area contributed by atoms with Gasteiger partial charge in [0.2, 0.25) is 10.0 Å². The zero-order valence-corrected chi connectivity index (χ0v) is 11.7. The number of sulfone groups is 1. The van der Waals surface area contributed by atoms with Crippen LogP contribution >= 0.6 is 0 Å². The van der Waals surface area contributed by atoms with E-state index in [-0.39, 0.29) is 12.8 Å². The third-order valence-corrected chi connectivity index (χ3v) is 6.49. The fourth-order valence-electron chi connectivity index (χ4n) is 2.12. The van der Waals surface area contributed by atoms with Gasteiger partial charge in [0.25, 0.3) is 0 Å². The lowest BCUT2D eigenvalue weighted by atomic mass is 9.83. The molecule has 0 aromatic heterocycles. The van der Waals surface area contributed by atoms with Gasteiger partial charge in [-0.2, -0.15) is 4.72 Å². The molecule has 0 radical (unpaired) electrons. The molecule has 0 aromatic rings. The molecular weight excluding hydrogens is 282 g/mol. The lowest BCUT2D eigenvalue weighted by Crippen LogP contribution is -2.56. The molecule has 1 fully saturated rings. The Morgan fingerprint density at radius 3 is 2.06 bits per heavy atom. The van der Waals surface area contributed by atoms with Gasteiger partial charge < -0.3 is 5.11 Å². The second-order valence-electron chi connectivity index (χ2n) is 4.71. The number of hydrogen-bond donors (Lipinski definition) is 2. The first-order valence-corrected chi connectivity index (χ1v) is 9.20. The minimum absolute atomic E-state index is 0.186. The van der Waals surface area contributed by atoms with E-state index >= 15 is 0 Å². The molecule has 0 aliphatic heterocycles. The molecule has 18 heavy (non-hydrogen) atoms. The molecule has 1 rings (SSSR count). The topological polar surface area (TPSA) is 118 Å². The number of nitrogens with one attached hydrogen (secondary N) is 1. The van der Waals surface area contributed by atoms with Gasteiger partial charge in [-0.1, -0.05) is 19.3 Å². The van der Waals surface area contributed by atoms with Crippen molar-refractivity contribution in [2.45, 2.75) is 37.6 Å². The summed E-state index contributed by atoms with van der Waals surface area (Å²) in [5, 5.41) is 8.09. The van der Waals surface area contributed by atoms with Crippen LogP contribution in [0.4, 0.5) is 0 Å². The van der Waals surface area contributed by atoms with E-state index in [4.69, 9.17) is 0 Å². The highest BCUT2D eigenvalue weighted by Gasteiger charge is 2.43. The molecule has 0 bridgehead atoms. The molecule has 0 aromatic carbocycles. The smallest absolute Gasteiger partial charge is 0.324 e. The van der Waals surface area contributed by atoms with Gasteiger partial charge in [0.15, 0.2) is 14.9 Å². The van der Waals surface area contributed by atoms with Gasteiger partial charge in [0.1, 0.15) is 5.54 Å². The molecule has 0 heterocycles. The van der Waals surface area contributed by atoms with E-state index in [0.717, 1.165) is 12.7 Å². The van der Waals surface area contributed by atoms with E-state index < -0.39 is 36.5 Å². The van der Waals surface area contributed by atoms with Gasteiger partial charge in [-0.05, 0) is 12.8 Å². The molecule has 106 valence electrons. The third kappa shape index (κ3) is 4.21. The summed E-state index contributed by atoms with van der Waals surface area (Å²) in [7, 11) is -7.89. The highest BCUT2D eigenvalue weighted by molar-refractivity contribution is 8.06. The quantitative estimate of drug-likeness (QED) is 0.719. The normalized spacial score (nSPS) is 20.5. The van der Waals surface area contributed by atoms with Crippen molar-refractivity contribution in [3.05, 3.63) is 0 Å². The van der Waals surface area contributed by atoms with Crippen LogP contribution in [0.15, 0.2) is 0 Å². The van der Waals surface area contributed by atoms with Crippen LogP contribution in [-0.4, -0.2) is 44.8 Å². The molecule has 9 heteroatoms. The van der Waals surface area contributed by atoms with E-state index in [9.17, 15) is 26.7 Å². The van der Waals surface area contributed by atoms with Crippen molar-refractivity contribution in [2.24, 2.45) is 0 Å². The number of carboxylic acid groups (broad SMARTS) is 1. The molecule has 0 unspecified atom stereocenters. The maximum Gasteiger partial charge on any atom is 0.324 e. The van der Waals surface area contributed by atoms with E-state index in [1.165, 1.54) is 0 Å². The number of aliphatic carboxylic acids is 1. The molecule has 1 saturated carbocycles. The van der Waals surface area contributed by atoms with Crippen molar-refractivity contribution in [2.75, 3.05) is 11.3 Å². The Balaban J connectivity index is 2.94. The summed E-state index contributed by atoms with van der Waals surface area (Å²) in [5.74, 6) is -1.25. The largest absolute Gasteiger partial charge is 0.480 e. The highest BCUT2D eigenvalue weighted by Crippen LogP contribution is 2.29. The summed E-state index contributed by atoms with van der Waals surface area (Å²) in [6.45, 7) is 0. The second kappa shape index (κ2) is 5.14. The maximum atomic E-state index is 11.7. The maximum absolute atomic E-state index is 11.7. The summed E-state index contributed by atoms with van der Waals surface area (Å²) in [4.78, 5) is 11.2. The number of carboxylic acids is 1. The van der Waals surface area contributed by atoms with Gasteiger partial charge >= 0.3 is 5.97 Å². The van der Waals surface area contributed by atoms with E-state index in [0.29, 0.717) is 12.8 Å². The van der Waals surface area contributed by atoms with Crippen LogP contribution in [0.5, 0.6) is 0 Å². The number of sulfonamides is 1. The van der Waals surface area contributed by atoms with Crippen molar-refractivity contribution in [1.82, 2.24) is 4.72 Å². The zero-order valence-electron chi connectivity index (χ0n) is 10.0. The summed E-state index contributed by atoms with van der Waals surface area (Å²) < 4.78 is 47.4. The van der Waals surface area contributed by atoms with Crippen molar-refractivity contribution < 1.29 is 26.7 Å². The summed E-state index contributed by atoms with van der Waals surface area (Å²) in [5.41, 5.74) is -1.55. The Morgan fingerprint density at radius 2 is 1.67 bits per heavy atom. The first kappa shape index (κ1) is 15.4. The molecule has 0 saturated heterocycles. The Bertz CT molecular complexity index is 515. The summed E-state index contributed by atoms with van der Waals surface area (Å²) in [6, 6.07) is 0. The highest BCUT2D eigenvalue weighted by atomic mass is 32.3. The molecule has 7 nitrogen and oxygen atoms in total. The number of hydrogen-bond acceptors (Lipinski definition) is 5. The first-order valence-electron chi connectivity index (χ1n) is 5.49. The van der Waals surface area contributed by atoms with E-state index in [1.807, 2.05) is 0 Å². The van der Waals surface area contributed by atoms with E-state index in [2.05, 4.69) is 4.72 Å². The molecule has 2 N–H and O–H groups in total. The fourth-order valence-corrected chi connectivity index (χ4v) is 5.50. The van der Waals surface area contributed by atoms with Gasteiger partial charge in [-0.3, -0.25) is 4.79 Å².